The molecule has 0 fully saturated rings. The Morgan fingerprint density at radius 3 is 2.68 bits per heavy atom. The number of anilines is 4. The average Bonchev–Trinajstić information content (AvgIpc) is 2.97. The molecule has 4 rings (SSSR count). The lowest BCUT2D eigenvalue weighted by molar-refractivity contribution is 0.472. The first kappa shape index (κ1) is 18.5. The summed E-state index contributed by atoms with van der Waals surface area (Å²) in [6, 6.07) is 18.4. The Kier molecular flexibility index (Phi) is 4.83. The summed E-state index contributed by atoms with van der Waals surface area (Å²) in [5.41, 5.74) is 11.1. The Bertz CT molecular complexity index is 980. The van der Waals surface area contributed by atoms with Crippen LogP contribution in [0, 0.1) is 0 Å². The fraction of sp³-hybridized carbons (Fsp3) is 0.238. The first-order valence-corrected chi connectivity index (χ1v) is 9.63. The molecular formula is C21H23ClN6. The Labute approximate surface area is 170 Å². The van der Waals surface area contributed by atoms with Crippen molar-refractivity contribution in [3.8, 4) is 0 Å². The van der Waals surface area contributed by atoms with Crippen molar-refractivity contribution >= 4 is 34.5 Å². The van der Waals surface area contributed by atoms with Gasteiger partial charge in [0.1, 0.15) is 5.82 Å². The lowest BCUT2D eigenvalue weighted by Crippen LogP contribution is -2.60. The van der Waals surface area contributed by atoms with Crippen molar-refractivity contribution < 1.29 is 0 Å². The first-order chi connectivity index (χ1) is 13.5. The smallest absolute Gasteiger partial charge is 0.224 e. The van der Waals surface area contributed by atoms with Gasteiger partial charge in [0.05, 0.1) is 11.4 Å². The second-order valence-corrected chi connectivity index (χ2v) is 7.24. The van der Waals surface area contributed by atoms with Gasteiger partial charge in [-0.25, -0.2) is 9.97 Å². The number of halogens is 1. The van der Waals surface area contributed by atoms with Crippen LogP contribution in [0.15, 0.2) is 60.8 Å². The van der Waals surface area contributed by atoms with E-state index in [2.05, 4.69) is 57.4 Å². The molecule has 0 aliphatic carbocycles. The summed E-state index contributed by atoms with van der Waals surface area (Å²) in [6.07, 6.45) is 2.35. The van der Waals surface area contributed by atoms with Gasteiger partial charge in [0.2, 0.25) is 5.28 Å². The van der Waals surface area contributed by atoms with E-state index in [0.29, 0.717) is 6.42 Å². The number of hydrogen-bond donors (Lipinski definition) is 2. The van der Waals surface area contributed by atoms with E-state index in [-0.39, 0.29) is 5.28 Å². The van der Waals surface area contributed by atoms with Crippen LogP contribution in [0.3, 0.4) is 0 Å². The molecule has 1 aliphatic heterocycles. The van der Waals surface area contributed by atoms with Crippen molar-refractivity contribution in [1.82, 2.24) is 9.97 Å². The molecule has 0 amide bonds. The average molecular weight is 395 g/mol. The molecule has 3 N–H and O–H groups in total. The van der Waals surface area contributed by atoms with E-state index in [0.717, 1.165) is 29.4 Å². The maximum Gasteiger partial charge on any atom is 0.224 e. The molecule has 6 nitrogen and oxygen atoms in total. The molecule has 1 atom stereocenters. The summed E-state index contributed by atoms with van der Waals surface area (Å²) in [5.74, 6) is 0.0574. The summed E-state index contributed by atoms with van der Waals surface area (Å²) in [6.45, 7) is 2.92. The number of rotatable bonds is 5. The van der Waals surface area contributed by atoms with Crippen LogP contribution >= 0.6 is 11.6 Å². The quantitative estimate of drug-likeness (QED) is 0.637. The van der Waals surface area contributed by atoms with Crippen molar-refractivity contribution in [2.24, 2.45) is 5.73 Å². The zero-order valence-corrected chi connectivity index (χ0v) is 16.7. The van der Waals surface area contributed by atoms with Gasteiger partial charge in [0, 0.05) is 31.9 Å². The molecule has 0 saturated carbocycles. The van der Waals surface area contributed by atoms with Gasteiger partial charge in [-0.1, -0.05) is 30.3 Å². The monoisotopic (exact) mass is 394 g/mol. The van der Waals surface area contributed by atoms with Crippen LogP contribution in [0.4, 0.5) is 22.9 Å². The molecule has 28 heavy (non-hydrogen) atoms. The summed E-state index contributed by atoms with van der Waals surface area (Å²) in [4.78, 5) is 12.4. The third-order valence-corrected chi connectivity index (χ3v) is 5.26. The van der Waals surface area contributed by atoms with E-state index in [9.17, 15) is 0 Å². The van der Waals surface area contributed by atoms with Crippen molar-refractivity contribution in [3.05, 3.63) is 71.6 Å². The number of nitrogens with zero attached hydrogens (tertiary/aromatic N) is 4. The van der Waals surface area contributed by atoms with Crippen LogP contribution in [0.25, 0.3) is 0 Å². The predicted octanol–water partition coefficient (Wildman–Crippen LogP) is 4.00. The van der Waals surface area contributed by atoms with Gasteiger partial charge in [-0.15, -0.1) is 0 Å². The fourth-order valence-electron chi connectivity index (χ4n) is 3.73. The summed E-state index contributed by atoms with van der Waals surface area (Å²) in [5, 5.41) is 3.76. The van der Waals surface area contributed by atoms with Crippen LogP contribution < -0.4 is 20.9 Å². The fourth-order valence-corrected chi connectivity index (χ4v) is 3.87. The lowest BCUT2D eigenvalue weighted by atomic mass is 10.1. The van der Waals surface area contributed by atoms with Crippen molar-refractivity contribution in [1.29, 1.82) is 0 Å². The van der Waals surface area contributed by atoms with E-state index < -0.39 is 5.79 Å². The number of aromatic nitrogens is 2. The molecule has 2 heterocycles. The van der Waals surface area contributed by atoms with Gasteiger partial charge in [0.15, 0.2) is 5.79 Å². The SMILES string of the molecule is CCN1c2ccc(N(C)c3ccnc(Cl)n3)cc2NC1(N)Cc1ccccc1. The highest BCUT2D eigenvalue weighted by Crippen LogP contribution is 2.41. The number of benzene rings is 2. The Morgan fingerprint density at radius 1 is 1.18 bits per heavy atom. The number of nitrogens with two attached hydrogens (primary N) is 1. The molecule has 1 aromatic heterocycles. The lowest BCUT2D eigenvalue weighted by Gasteiger charge is -2.36. The normalized spacial score (nSPS) is 17.9. The molecule has 0 bridgehead atoms. The van der Waals surface area contributed by atoms with Crippen molar-refractivity contribution in [2.75, 3.05) is 28.7 Å². The van der Waals surface area contributed by atoms with Gasteiger partial charge in [0.25, 0.3) is 0 Å². The molecule has 1 unspecified atom stereocenters. The highest BCUT2D eigenvalue weighted by Gasteiger charge is 2.39. The number of likely N-dealkylation sites (N-methyl/N-ethyl adjacent to an activating group) is 1. The molecule has 0 radical (unpaired) electrons. The number of nitrogens with one attached hydrogen (secondary N) is 1. The van der Waals surface area contributed by atoms with Crippen molar-refractivity contribution in [2.45, 2.75) is 19.1 Å². The van der Waals surface area contributed by atoms with Gasteiger partial charge in [-0.2, -0.15) is 0 Å². The van der Waals surface area contributed by atoms with Gasteiger partial charge >= 0.3 is 0 Å². The van der Waals surface area contributed by atoms with Gasteiger partial charge in [-0.3, -0.25) is 5.73 Å². The number of fused-ring (bicyclic) bond motifs is 1. The summed E-state index contributed by atoms with van der Waals surface area (Å²) in [7, 11) is 1.95. The van der Waals surface area contributed by atoms with Crippen LogP contribution in [0.5, 0.6) is 0 Å². The summed E-state index contributed by atoms with van der Waals surface area (Å²) >= 11 is 5.94. The highest BCUT2D eigenvalue weighted by molar-refractivity contribution is 6.28. The van der Waals surface area contributed by atoms with E-state index in [4.69, 9.17) is 17.3 Å². The molecule has 2 aromatic carbocycles. The van der Waals surface area contributed by atoms with Crippen LogP contribution in [0.2, 0.25) is 5.28 Å². The van der Waals surface area contributed by atoms with E-state index in [1.807, 2.05) is 36.2 Å². The van der Waals surface area contributed by atoms with Crippen LogP contribution in [-0.4, -0.2) is 29.3 Å². The molecule has 0 spiro atoms. The zero-order valence-electron chi connectivity index (χ0n) is 15.9. The Balaban J connectivity index is 1.64. The predicted molar refractivity (Wildman–Crippen MR) is 115 cm³/mol. The maximum atomic E-state index is 6.82. The first-order valence-electron chi connectivity index (χ1n) is 9.25. The van der Waals surface area contributed by atoms with Crippen molar-refractivity contribution in [3.63, 3.8) is 0 Å². The molecule has 7 heteroatoms. The third-order valence-electron chi connectivity index (χ3n) is 5.08. The number of hydrogen-bond acceptors (Lipinski definition) is 6. The summed E-state index contributed by atoms with van der Waals surface area (Å²) < 4.78 is 0. The largest absolute Gasteiger partial charge is 0.348 e. The van der Waals surface area contributed by atoms with Crippen LogP contribution in [-0.2, 0) is 6.42 Å². The minimum absolute atomic E-state index is 0.227. The van der Waals surface area contributed by atoms with E-state index >= 15 is 0 Å². The molecule has 3 aromatic rings. The maximum absolute atomic E-state index is 6.82. The molecule has 0 saturated heterocycles. The highest BCUT2D eigenvalue weighted by atomic mass is 35.5. The van der Waals surface area contributed by atoms with E-state index in [1.165, 1.54) is 5.56 Å². The topological polar surface area (TPSA) is 70.3 Å². The third kappa shape index (κ3) is 3.37. The second kappa shape index (κ2) is 7.30. The Hall–Kier alpha value is -2.83. The van der Waals surface area contributed by atoms with Gasteiger partial charge in [-0.05, 0) is 48.4 Å². The standard InChI is InChI=1S/C21H23ClN6/c1-3-28-18-10-9-16(27(2)19-11-12-24-20(22)25-19)13-17(18)26-21(28,23)14-15-7-5-4-6-8-15/h4-13,26H,3,14,23H2,1-2H3. The minimum Gasteiger partial charge on any atom is -0.348 e. The minimum atomic E-state index is -0.673. The zero-order chi connectivity index (χ0) is 19.7. The van der Waals surface area contributed by atoms with Crippen LogP contribution in [0.1, 0.15) is 12.5 Å². The van der Waals surface area contributed by atoms with E-state index in [1.54, 1.807) is 6.20 Å². The Morgan fingerprint density at radius 2 is 1.96 bits per heavy atom. The second-order valence-electron chi connectivity index (χ2n) is 6.90. The molecule has 144 valence electrons. The molecular weight excluding hydrogens is 372 g/mol. The molecule has 1 aliphatic rings. The van der Waals surface area contributed by atoms with Gasteiger partial charge < -0.3 is 15.1 Å².